The lowest BCUT2D eigenvalue weighted by molar-refractivity contribution is 0.240. The number of rotatable bonds is 1. The quantitative estimate of drug-likeness (QED) is 0.684. The maximum Gasteiger partial charge on any atom is 0.0338 e. The topological polar surface area (TPSA) is 24.1 Å². The van der Waals surface area contributed by atoms with Crippen LogP contribution in [0.25, 0.3) is 0 Å². The van der Waals surface area contributed by atoms with E-state index in [1.54, 1.807) is 0 Å². The molecule has 0 aliphatic carbocycles. The van der Waals surface area contributed by atoms with Crippen molar-refractivity contribution in [3.05, 3.63) is 12.2 Å². The molecule has 2 aliphatic heterocycles. The van der Waals surface area contributed by atoms with Gasteiger partial charge in [-0.25, -0.2) is 0 Å². The summed E-state index contributed by atoms with van der Waals surface area (Å²) in [6.45, 7) is 8.13. The average Bonchev–Trinajstić information content (AvgIpc) is 2.50. The van der Waals surface area contributed by atoms with Gasteiger partial charge in [0.15, 0.2) is 0 Å². The highest BCUT2D eigenvalue weighted by Gasteiger charge is 2.31. The molecule has 0 aromatic rings. The zero-order valence-electron chi connectivity index (χ0n) is 11.5. The molecule has 0 saturated carbocycles. The van der Waals surface area contributed by atoms with Crippen LogP contribution in [0.5, 0.6) is 0 Å². The van der Waals surface area contributed by atoms with E-state index in [-0.39, 0.29) is 5.54 Å². The Kier molecular flexibility index (Phi) is 4.63. The first-order chi connectivity index (χ1) is 8.23. The summed E-state index contributed by atoms with van der Waals surface area (Å²) in [7, 11) is 0. The molecule has 2 heteroatoms. The van der Waals surface area contributed by atoms with E-state index in [4.69, 9.17) is 0 Å². The smallest absolute Gasteiger partial charge is 0.0338 e. The second-order valence-corrected chi connectivity index (χ2v) is 6.01. The molecule has 0 aromatic heterocycles. The molecule has 0 radical (unpaired) electrons. The van der Waals surface area contributed by atoms with Crippen LogP contribution in [0.2, 0.25) is 0 Å². The number of fused-ring (bicyclic) bond motifs is 2. The Bertz CT molecular complexity index is 262. The van der Waals surface area contributed by atoms with Crippen LogP contribution in [0.3, 0.4) is 0 Å². The number of nitrogens with one attached hydrogen (secondary N) is 2. The zero-order chi connectivity index (χ0) is 12.1. The summed E-state index contributed by atoms with van der Waals surface area (Å²) in [6, 6.07) is 0. The summed E-state index contributed by atoms with van der Waals surface area (Å²) in [5.41, 5.74) is 0.230. The fourth-order valence-corrected chi connectivity index (χ4v) is 3.55. The van der Waals surface area contributed by atoms with Crippen molar-refractivity contribution >= 4 is 0 Å². The lowest BCUT2D eigenvalue weighted by atomic mass is 9.77. The Morgan fingerprint density at radius 3 is 3.00 bits per heavy atom. The second-order valence-electron chi connectivity index (χ2n) is 6.01. The molecule has 2 aliphatic rings. The minimum absolute atomic E-state index is 0.230. The van der Waals surface area contributed by atoms with Gasteiger partial charge in [0, 0.05) is 12.1 Å². The number of hydrogen-bond donors (Lipinski definition) is 2. The standard InChI is InChI=1S/C15H28N2/c1-3-13-7-11-16-9-5-8-15(2)12-14(13)6-4-10-17-15/h5,8,13-14,16-17H,3-4,6-7,9-12H2,1-2H3/b8-5-. The Balaban J connectivity index is 2.15. The summed E-state index contributed by atoms with van der Waals surface area (Å²) < 4.78 is 0. The van der Waals surface area contributed by atoms with E-state index < -0.39 is 0 Å². The minimum Gasteiger partial charge on any atom is -0.313 e. The molecule has 17 heavy (non-hydrogen) atoms. The molecule has 2 N–H and O–H groups in total. The highest BCUT2D eigenvalue weighted by Crippen LogP contribution is 2.34. The van der Waals surface area contributed by atoms with Gasteiger partial charge < -0.3 is 10.6 Å². The van der Waals surface area contributed by atoms with Gasteiger partial charge in [0.2, 0.25) is 0 Å². The van der Waals surface area contributed by atoms with Gasteiger partial charge in [0.25, 0.3) is 0 Å². The summed E-state index contributed by atoms with van der Waals surface area (Å²) in [4.78, 5) is 0. The van der Waals surface area contributed by atoms with Crippen molar-refractivity contribution in [2.75, 3.05) is 19.6 Å². The Hall–Kier alpha value is -0.340. The van der Waals surface area contributed by atoms with Crippen LogP contribution < -0.4 is 10.6 Å². The van der Waals surface area contributed by atoms with Crippen molar-refractivity contribution < 1.29 is 0 Å². The Labute approximate surface area is 106 Å². The average molecular weight is 236 g/mol. The fourth-order valence-electron chi connectivity index (χ4n) is 3.55. The van der Waals surface area contributed by atoms with E-state index >= 15 is 0 Å². The van der Waals surface area contributed by atoms with E-state index in [2.05, 4.69) is 36.6 Å². The molecular formula is C15H28N2. The zero-order valence-corrected chi connectivity index (χ0v) is 11.5. The van der Waals surface area contributed by atoms with Crippen molar-refractivity contribution in [1.29, 1.82) is 0 Å². The van der Waals surface area contributed by atoms with Gasteiger partial charge in [-0.2, -0.15) is 0 Å². The van der Waals surface area contributed by atoms with E-state index in [1.165, 1.54) is 45.2 Å². The minimum atomic E-state index is 0.230. The van der Waals surface area contributed by atoms with Gasteiger partial charge in [-0.3, -0.25) is 0 Å². The van der Waals surface area contributed by atoms with E-state index in [9.17, 15) is 0 Å². The molecule has 2 rings (SSSR count). The Morgan fingerprint density at radius 2 is 2.18 bits per heavy atom. The molecule has 1 saturated heterocycles. The first kappa shape index (κ1) is 13.1. The highest BCUT2D eigenvalue weighted by molar-refractivity contribution is 5.07. The van der Waals surface area contributed by atoms with Crippen LogP contribution in [-0.4, -0.2) is 25.2 Å². The van der Waals surface area contributed by atoms with Crippen molar-refractivity contribution in [2.45, 2.75) is 51.5 Å². The van der Waals surface area contributed by atoms with Gasteiger partial charge >= 0.3 is 0 Å². The third-order valence-electron chi connectivity index (χ3n) is 4.60. The molecule has 0 spiro atoms. The lowest BCUT2D eigenvalue weighted by Crippen LogP contribution is -2.42. The van der Waals surface area contributed by atoms with Gasteiger partial charge in [-0.15, -0.1) is 0 Å². The predicted octanol–water partition coefficient (Wildman–Crippen LogP) is 2.71. The molecule has 0 aromatic carbocycles. The molecule has 1 fully saturated rings. The monoisotopic (exact) mass is 236 g/mol. The molecule has 2 bridgehead atoms. The van der Waals surface area contributed by atoms with E-state index in [0.717, 1.165) is 18.4 Å². The molecular weight excluding hydrogens is 208 g/mol. The molecule has 98 valence electrons. The molecule has 2 nitrogen and oxygen atoms in total. The second kappa shape index (κ2) is 6.01. The first-order valence-electron chi connectivity index (χ1n) is 7.37. The normalized spacial score (nSPS) is 41.5. The van der Waals surface area contributed by atoms with Gasteiger partial charge in [-0.05, 0) is 57.5 Å². The molecule has 3 unspecified atom stereocenters. The molecule has 3 atom stereocenters. The van der Waals surface area contributed by atoms with Crippen molar-refractivity contribution in [3.63, 3.8) is 0 Å². The Morgan fingerprint density at radius 1 is 1.29 bits per heavy atom. The molecule has 0 amide bonds. The van der Waals surface area contributed by atoms with Crippen LogP contribution in [0, 0.1) is 11.8 Å². The molecule has 2 heterocycles. The maximum atomic E-state index is 3.74. The van der Waals surface area contributed by atoms with Crippen molar-refractivity contribution in [2.24, 2.45) is 11.8 Å². The largest absolute Gasteiger partial charge is 0.313 e. The maximum absolute atomic E-state index is 3.74. The lowest BCUT2D eigenvalue weighted by Gasteiger charge is -2.33. The van der Waals surface area contributed by atoms with Crippen LogP contribution in [0.1, 0.15) is 46.0 Å². The summed E-state index contributed by atoms with van der Waals surface area (Å²) in [5.74, 6) is 1.82. The summed E-state index contributed by atoms with van der Waals surface area (Å²) in [5, 5.41) is 7.27. The van der Waals surface area contributed by atoms with Gasteiger partial charge in [-0.1, -0.05) is 25.5 Å². The van der Waals surface area contributed by atoms with Crippen LogP contribution in [-0.2, 0) is 0 Å². The SMILES string of the molecule is CCC1CCNC/C=C\C2(C)CC1CCCN2. The predicted molar refractivity (Wildman–Crippen MR) is 74.2 cm³/mol. The third kappa shape index (κ3) is 3.56. The first-order valence-corrected chi connectivity index (χ1v) is 7.37. The fraction of sp³-hybridized carbons (Fsp3) is 0.867. The van der Waals surface area contributed by atoms with Gasteiger partial charge in [0.05, 0.1) is 0 Å². The van der Waals surface area contributed by atoms with Crippen molar-refractivity contribution in [1.82, 2.24) is 10.6 Å². The number of hydrogen-bond acceptors (Lipinski definition) is 2. The van der Waals surface area contributed by atoms with Crippen LogP contribution in [0.15, 0.2) is 12.2 Å². The van der Waals surface area contributed by atoms with Crippen LogP contribution in [0.4, 0.5) is 0 Å². The van der Waals surface area contributed by atoms with E-state index in [1.807, 2.05) is 0 Å². The summed E-state index contributed by atoms with van der Waals surface area (Å²) in [6.07, 6.45) is 11.5. The van der Waals surface area contributed by atoms with Gasteiger partial charge in [0.1, 0.15) is 0 Å². The third-order valence-corrected chi connectivity index (χ3v) is 4.60. The highest BCUT2D eigenvalue weighted by atomic mass is 15.0. The van der Waals surface area contributed by atoms with Crippen LogP contribution >= 0.6 is 0 Å². The summed E-state index contributed by atoms with van der Waals surface area (Å²) >= 11 is 0. The van der Waals surface area contributed by atoms with E-state index in [0.29, 0.717) is 0 Å². The van der Waals surface area contributed by atoms with Crippen molar-refractivity contribution in [3.8, 4) is 0 Å².